The molecule has 3 heteroatoms. The van der Waals surface area contributed by atoms with Gasteiger partial charge in [0.05, 0.1) is 0 Å². The van der Waals surface area contributed by atoms with Gasteiger partial charge in [-0.1, -0.05) is 13.8 Å². The van der Waals surface area contributed by atoms with Gasteiger partial charge in [-0.15, -0.1) is 0 Å². The van der Waals surface area contributed by atoms with Crippen LogP contribution in [-0.4, -0.2) is 23.9 Å². The van der Waals surface area contributed by atoms with E-state index in [0.29, 0.717) is 5.41 Å². The molecule has 1 fully saturated rings. The molecular formula is C7H16N2O. The van der Waals surface area contributed by atoms with E-state index in [1.807, 2.05) is 0 Å². The average Bonchev–Trinajstić information content (AvgIpc) is 2.10. The fourth-order valence-electron chi connectivity index (χ4n) is 1.39. The number of nitrogens with two attached hydrogens (primary N) is 1. The molecule has 0 amide bonds. The van der Waals surface area contributed by atoms with E-state index in [1.54, 1.807) is 0 Å². The molecule has 0 aliphatic carbocycles. The third-order valence-electron chi connectivity index (χ3n) is 2.03. The highest BCUT2D eigenvalue weighted by atomic mass is 16.3. The van der Waals surface area contributed by atoms with E-state index in [0.717, 1.165) is 13.0 Å². The Morgan fingerprint density at radius 1 is 1.70 bits per heavy atom. The topological polar surface area (TPSA) is 58.3 Å². The quantitative estimate of drug-likeness (QED) is 0.441. The van der Waals surface area contributed by atoms with Gasteiger partial charge in [-0.25, -0.2) is 0 Å². The molecule has 60 valence electrons. The molecule has 1 aliphatic rings. The number of nitrogens with one attached hydrogen (secondary N) is 1. The first kappa shape index (κ1) is 7.98. The van der Waals surface area contributed by atoms with Crippen LogP contribution in [0.15, 0.2) is 0 Å². The van der Waals surface area contributed by atoms with Gasteiger partial charge in [0, 0.05) is 12.6 Å². The molecule has 1 aliphatic heterocycles. The van der Waals surface area contributed by atoms with Crippen LogP contribution in [0.25, 0.3) is 0 Å². The van der Waals surface area contributed by atoms with E-state index >= 15 is 0 Å². The highest BCUT2D eigenvalue weighted by molar-refractivity contribution is 4.89. The predicted octanol–water partition coefficient (Wildman–Crippen LogP) is -0.348. The second-order valence-electron chi connectivity index (χ2n) is 3.85. The molecule has 0 saturated carbocycles. The largest absolute Gasteiger partial charge is 0.377 e. The molecule has 0 aromatic heterocycles. The lowest BCUT2D eigenvalue weighted by Crippen LogP contribution is -2.40. The van der Waals surface area contributed by atoms with Crippen molar-refractivity contribution < 1.29 is 5.11 Å². The van der Waals surface area contributed by atoms with Crippen LogP contribution in [-0.2, 0) is 0 Å². The van der Waals surface area contributed by atoms with E-state index in [-0.39, 0.29) is 6.04 Å². The predicted molar refractivity (Wildman–Crippen MR) is 40.4 cm³/mol. The molecule has 0 radical (unpaired) electrons. The normalized spacial score (nSPS) is 34.2. The SMILES string of the molecule is CC1(C)CNC(C(N)O)C1. The first-order valence-corrected chi connectivity index (χ1v) is 3.68. The van der Waals surface area contributed by atoms with Crippen molar-refractivity contribution in [3.05, 3.63) is 0 Å². The zero-order valence-electron chi connectivity index (χ0n) is 6.59. The molecular weight excluding hydrogens is 128 g/mol. The zero-order chi connectivity index (χ0) is 7.78. The second kappa shape index (κ2) is 2.49. The lowest BCUT2D eigenvalue weighted by atomic mass is 9.90. The van der Waals surface area contributed by atoms with Crippen LogP contribution in [0.1, 0.15) is 20.3 Å². The van der Waals surface area contributed by atoms with Crippen LogP contribution in [0.2, 0.25) is 0 Å². The van der Waals surface area contributed by atoms with Crippen molar-refractivity contribution in [1.29, 1.82) is 0 Å². The van der Waals surface area contributed by atoms with Gasteiger partial charge in [0.25, 0.3) is 0 Å². The molecule has 0 aromatic rings. The van der Waals surface area contributed by atoms with Crippen LogP contribution in [0, 0.1) is 5.41 Å². The number of hydrogen-bond acceptors (Lipinski definition) is 3. The minimum atomic E-state index is -0.707. The third-order valence-corrected chi connectivity index (χ3v) is 2.03. The molecule has 10 heavy (non-hydrogen) atoms. The van der Waals surface area contributed by atoms with Gasteiger partial charge < -0.3 is 16.2 Å². The Hall–Kier alpha value is -0.120. The molecule has 2 unspecified atom stereocenters. The van der Waals surface area contributed by atoms with Crippen molar-refractivity contribution in [3.63, 3.8) is 0 Å². The lowest BCUT2D eigenvalue weighted by Gasteiger charge is -2.16. The molecule has 0 aromatic carbocycles. The molecule has 0 bridgehead atoms. The lowest BCUT2D eigenvalue weighted by molar-refractivity contribution is 0.138. The van der Waals surface area contributed by atoms with E-state index in [4.69, 9.17) is 10.8 Å². The summed E-state index contributed by atoms with van der Waals surface area (Å²) in [5.74, 6) is 0. The molecule has 1 rings (SSSR count). The Labute approximate surface area is 61.6 Å². The summed E-state index contributed by atoms with van der Waals surface area (Å²) >= 11 is 0. The van der Waals surface area contributed by atoms with Gasteiger partial charge >= 0.3 is 0 Å². The van der Waals surface area contributed by atoms with Gasteiger partial charge in [0.15, 0.2) is 0 Å². The van der Waals surface area contributed by atoms with Crippen LogP contribution >= 0.6 is 0 Å². The maximum absolute atomic E-state index is 9.00. The standard InChI is InChI=1S/C7H16N2O/c1-7(2)3-5(6(8)10)9-4-7/h5-6,9-10H,3-4,8H2,1-2H3. The zero-order valence-corrected chi connectivity index (χ0v) is 6.59. The molecule has 2 atom stereocenters. The van der Waals surface area contributed by atoms with Crippen LogP contribution in [0.3, 0.4) is 0 Å². The fourth-order valence-corrected chi connectivity index (χ4v) is 1.39. The Balaban J connectivity index is 2.43. The van der Waals surface area contributed by atoms with Crippen molar-refractivity contribution in [2.75, 3.05) is 6.54 Å². The van der Waals surface area contributed by atoms with Gasteiger partial charge in [0.1, 0.15) is 6.23 Å². The Morgan fingerprint density at radius 3 is 2.50 bits per heavy atom. The summed E-state index contributed by atoms with van der Waals surface area (Å²) < 4.78 is 0. The first-order chi connectivity index (χ1) is 4.51. The van der Waals surface area contributed by atoms with Crippen LogP contribution in [0.4, 0.5) is 0 Å². The number of rotatable bonds is 1. The van der Waals surface area contributed by atoms with Gasteiger partial charge in [-0.2, -0.15) is 0 Å². The Morgan fingerprint density at radius 2 is 2.30 bits per heavy atom. The molecule has 1 heterocycles. The maximum atomic E-state index is 9.00. The summed E-state index contributed by atoms with van der Waals surface area (Å²) in [6.07, 6.45) is 0.256. The summed E-state index contributed by atoms with van der Waals surface area (Å²) in [6, 6.07) is 0.0926. The summed E-state index contributed by atoms with van der Waals surface area (Å²) in [7, 11) is 0. The van der Waals surface area contributed by atoms with Crippen molar-refractivity contribution in [3.8, 4) is 0 Å². The monoisotopic (exact) mass is 144 g/mol. The van der Waals surface area contributed by atoms with Gasteiger partial charge in [0.2, 0.25) is 0 Å². The summed E-state index contributed by atoms with van der Waals surface area (Å²) in [6.45, 7) is 5.29. The van der Waals surface area contributed by atoms with Gasteiger partial charge in [-0.3, -0.25) is 0 Å². The first-order valence-electron chi connectivity index (χ1n) is 3.68. The summed E-state index contributed by atoms with van der Waals surface area (Å²) in [4.78, 5) is 0. The highest BCUT2D eigenvalue weighted by Crippen LogP contribution is 2.27. The van der Waals surface area contributed by atoms with Crippen molar-refractivity contribution in [2.24, 2.45) is 11.1 Å². The van der Waals surface area contributed by atoms with Crippen molar-refractivity contribution in [1.82, 2.24) is 5.32 Å². The molecule has 3 nitrogen and oxygen atoms in total. The number of aliphatic hydroxyl groups excluding tert-OH is 1. The van der Waals surface area contributed by atoms with Crippen LogP contribution < -0.4 is 11.1 Å². The van der Waals surface area contributed by atoms with Crippen LogP contribution in [0.5, 0.6) is 0 Å². The third kappa shape index (κ3) is 1.68. The van der Waals surface area contributed by atoms with E-state index in [2.05, 4.69) is 19.2 Å². The van der Waals surface area contributed by atoms with E-state index in [9.17, 15) is 0 Å². The average molecular weight is 144 g/mol. The Kier molecular flexibility index (Phi) is 1.99. The fraction of sp³-hybridized carbons (Fsp3) is 1.00. The van der Waals surface area contributed by atoms with E-state index in [1.165, 1.54) is 0 Å². The minimum Gasteiger partial charge on any atom is -0.377 e. The minimum absolute atomic E-state index is 0.0926. The smallest absolute Gasteiger partial charge is 0.117 e. The summed E-state index contributed by atoms with van der Waals surface area (Å²) in [5.41, 5.74) is 5.61. The molecule has 1 saturated heterocycles. The number of aliphatic hydroxyl groups is 1. The van der Waals surface area contributed by atoms with Crippen molar-refractivity contribution >= 4 is 0 Å². The second-order valence-corrected chi connectivity index (χ2v) is 3.85. The highest BCUT2D eigenvalue weighted by Gasteiger charge is 2.32. The number of hydrogen-bond donors (Lipinski definition) is 3. The van der Waals surface area contributed by atoms with Crippen molar-refractivity contribution in [2.45, 2.75) is 32.5 Å². The molecule has 4 N–H and O–H groups in total. The van der Waals surface area contributed by atoms with E-state index < -0.39 is 6.23 Å². The van der Waals surface area contributed by atoms with Gasteiger partial charge in [-0.05, 0) is 11.8 Å². The summed E-state index contributed by atoms with van der Waals surface area (Å²) in [5, 5.41) is 12.2. The molecule has 0 spiro atoms. The maximum Gasteiger partial charge on any atom is 0.117 e. The Bertz CT molecular complexity index is 123.